The summed E-state index contributed by atoms with van der Waals surface area (Å²) in [6.07, 6.45) is 0.604. The maximum absolute atomic E-state index is 12.4. The zero-order valence-electron chi connectivity index (χ0n) is 16.7. The van der Waals surface area contributed by atoms with Crippen molar-refractivity contribution in [2.24, 2.45) is 0 Å². The zero-order chi connectivity index (χ0) is 21.6. The molecule has 4 rings (SSSR count). The number of carbonyl (C=O) groups excluding carboxylic acids is 2. The van der Waals surface area contributed by atoms with E-state index in [9.17, 15) is 9.59 Å². The summed E-state index contributed by atoms with van der Waals surface area (Å²) >= 11 is 6.25. The van der Waals surface area contributed by atoms with Gasteiger partial charge in [-0.25, -0.2) is 0 Å². The topological polar surface area (TPSA) is 76.7 Å². The van der Waals surface area contributed by atoms with Crippen LogP contribution in [0.5, 0.6) is 11.5 Å². The van der Waals surface area contributed by atoms with Crippen LogP contribution in [-0.2, 0) is 6.42 Å². The highest BCUT2D eigenvalue weighted by atomic mass is 35.5. The van der Waals surface area contributed by atoms with Gasteiger partial charge in [0.15, 0.2) is 11.5 Å². The van der Waals surface area contributed by atoms with Crippen molar-refractivity contribution in [2.75, 3.05) is 25.1 Å². The molecule has 0 aliphatic carbocycles. The van der Waals surface area contributed by atoms with Crippen LogP contribution in [0, 0.1) is 0 Å². The average Bonchev–Trinajstić information content (AvgIpc) is 2.80. The van der Waals surface area contributed by atoms with E-state index in [4.69, 9.17) is 21.1 Å². The number of anilines is 1. The summed E-state index contributed by atoms with van der Waals surface area (Å²) in [6, 6.07) is 19.4. The standard InChI is InChI=1S/C24H21ClN2O4/c25-20-14-16(15-21-22(20)31-13-12-30-21)10-11-26-23(28)18-6-8-19(9-7-18)27-24(29)17-4-2-1-3-5-17/h1-9,14-15H,10-13H2,(H,26,28)(H,27,29). The van der Waals surface area contributed by atoms with Crippen molar-refractivity contribution in [3.8, 4) is 11.5 Å². The number of ether oxygens (including phenoxy) is 2. The van der Waals surface area contributed by atoms with Crippen LogP contribution in [0.3, 0.4) is 0 Å². The second-order valence-electron chi connectivity index (χ2n) is 7.01. The highest BCUT2D eigenvalue weighted by Gasteiger charge is 2.16. The Bertz CT molecular complexity index is 1080. The quantitative estimate of drug-likeness (QED) is 0.602. The molecule has 0 aromatic heterocycles. The Morgan fingerprint density at radius 1 is 0.871 bits per heavy atom. The molecule has 0 fully saturated rings. The Balaban J connectivity index is 1.30. The lowest BCUT2D eigenvalue weighted by Crippen LogP contribution is -2.25. The first-order valence-electron chi connectivity index (χ1n) is 9.93. The van der Waals surface area contributed by atoms with Crippen LogP contribution < -0.4 is 20.1 Å². The number of hydrogen-bond acceptors (Lipinski definition) is 4. The molecule has 1 aliphatic rings. The van der Waals surface area contributed by atoms with Gasteiger partial charge in [0.25, 0.3) is 11.8 Å². The van der Waals surface area contributed by atoms with E-state index >= 15 is 0 Å². The number of amides is 2. The molecule has 1 aliphatic heterocycles. The van der Waals surface area contributed by atoms with Crippen LogP contribution in [0.15, 0.2) is 66.7 Å². The van der Waals surface area contributed by atoms with E-state index in [2.05, 4.69) is 10.6 Å². The molecule has 3 aromatic rings. The van der Waals surface area contributed by atoms with Gasteiger partial charge in [0.1, 0.15) is 13.2 Å². The molecule has 6 nitrogen and oxygen atoms in total. The van der Waals surface area contributed by atoms with Crippen LogP contribution in [0.1, 0.15) is 26.3 Å². The second kappa shape index (κ2) is 9.53. The molecule has 0 unspecified atom stereocenters. The number of hydrogen-bond donors (Lipinski definition) is 2. The molecule has 3 aromatic carbocycles. The van der Waals surface area contributed by atoms with Gasteiger partial charge in [0.05, 0.1) is 5.02 Å². The molecule has 7 heteroatoms. The van der Waals surface area contributed by atoms with Crippen LogP contribution >= 0.6 is 11.6 Å². The normalized spacial score (nSPS) is 12.2. The molecule has 0 spiro atoms. The average molecular weight is 437 g/mol. The number of halogens is 1. The largest absolute Gasteiger partial charge is 0.486 e. The Kier molecular flexibility index (Phi) is 6.38. The van der Waals surface area contributed by atoms with E-state index in [-0.39, 0.29) is 11.8 Å². The van der Waals surface area contributed by atoms with Gasteiger partial charge in [-0.1, -0.05) is 29.8 Å². The van der Waals surface area contributed by atoms with Crippen molar-refractivity contribution < 1.29 is 19.1 Å². The molecule has 1 heterocycles. The van der Waals surface area contributed by atoms with Gasteiger partial charge in [0.2, 0.25) is 0 Å². The third-order valence-corrected chi connectivity index (χ3v) is 5.08. The lowest BCUT2D eigenvalue weighted by atomic mass is 10.1. The van der Waals surface area contributed by atoms with E-state index in [1.807, 2.05) is 18.2 Å². The number of benzene rings is 3. The maximum Gasteiger partial charge on any atom is 0.255 e. The van der Waals surface area contributed by atoms with Crippen molar-refractivity contribution in [2.45, 2.75) is 6.42 Å². The van der Waals surface area contributed by atoms with Gasteiger partial charge in [-0.15, -0.1) is 0 Å². The predicted octanol–water partition coefficient (Wildman–Crippen LogP) is 4.34. The molecular formula is C24H21ClN2O4. The SMILES string of the molecule is O=C(NCCc1cc(Cl)c2c(c1)OCCO2)c1ccc(NC(=O)c2ccccc2)cc1. The smallest absolute Gasteiger partial charge is 0.255 e. The molecule has 158 valence electrons. The van der Waals surface area contributed by atoms with E-state index < -0.39 is 0 Å². The number of carbonyl (C=O) groups is 2. The fourth-order valence-electron chi connectivity index (χ4n) is 3.23. The van der Waals surface area contributed by atoms with Crippen molar-refractivity contribution in [1.29, 1.82) is 0 Å². The Morgan fingerprint density at radius 2 is 1.58 bits per heavy atom. The Morgan fingerprint density at radius 3 is 2.35 bits per heavy atom. The number of fused-ring (bicyclic) bond motifs is 1. The van der Waals surface area contributed by atoms with Crippen molar-refractivity contribution >= 4 is 29.1 Å². The van der Waals surface area contributed by atoms with Crippen LogP contribution in [-0.4, -0.2) is 31.6 Å². The van der Waals surface area contributed by atoms with E-state index in [0.29, 0.717) is 59.5 Å². The predicted molar refractivity (Wildman–Crippen MR) is 119 cm³/mol. The summed E-state index contributed by atoms with van der Waals surface area (Å²) in [7, 11) is 0. The number of nitrogens with one attached hydrogen (secondary N) is 2. The third kappa shape index (κ3) is 5.16. The van der Waals surface area contributed by atoms with Crippen LogP contribution in [0.4, 0.5) is 5.69 Å². The molecule has 31 heavy (non-hydrogen) atoms. The first-order chi connectivity index (χ1) is 15.1. The summed E-state index contributed by atoms with van der Waals surface area (Å²) in [5, 5.41) is 6.21. The molecule has 0 radical (unpaired) electrons. The van der Waals surface area contributed by atoms with Gasteiger partial charge in [-0.2, -0.15) is 0 Å². The van der Waals surface area contributed by atoms with Gasteiger partial charge in [-0.3, -0.25) is 9.59 Å². The van der Waals surface area contributed by atoms with Gasteiger partial charge < -0.3 is 20.1 Å². The van der Waals surface area contributed by atoms with Crippen LogP contribution in [0.2, 0.25) is 5.02 Å². The minimum absolute atomic E-state index is 0.190. The molecule has 2 amide bonds. The maximum atomic E-state index is 12.4. The fraction of sp³-hybridized carbons (Fsp3) is 0.167. The highest BCUT2D eigenvalue weighted by molar-refractivity contribution is 6.32. The summed E-state index contributed by atoms with van der Waals surface area (Å²) in [4.78, 5) is 24.6. The molecule has 2 N–H and O–H groups in total. The van der Waals surface area contributed by atoms with Gasteiger partial charge >= 0.3 is 0 Å². The van der Waals surface area contributed by atoms with Crippen molar-refractivity contribution in [3.05, 3.63) is 88.4 Å². The van der Waals surface area contributed by atoms with Gasteiger partial charge in [-0.05, 0) is 60.5 Å². The molecule has 0 saturated heterocycles. The highest BCUT2D eigenvalue weighted by Crippen LogP contribution is 2.38. The third-order valence-electron chi connectivity index (χ3n) is 4.80. The summed E-state index contributed by atoms with van der Waals surface area (Å²) in [5.74, 6) is 0.814. The van der Waals surface area contributed by atoms with E-state index in [1.165, 1.54) is 0 Å². The fourth-order valence-corrected chi connectivity index (χ4v) is 3.52. The van der Waals surface area contributed by atoms with E-state index in [1.54, 1.807) is 48.5 Å². The Labute approximate surface area is 185 Å². The van der Waals surface area contributed by atoms with Crippen molar-refractivity contribution in [3.63, 3.8) is 0 Å². The van der Waals surface area contributed by atoms with Crippen LogP contribution in [0.25, 0.3) is 0 Å². The molecule has 0 saturated carbocycles. The monoisotopic (exact) mass is 436 g/mol. The van der Waals surface area contributed by atoms with E-state index in [0.717, 1.165) is 5.56 Å². The first kappa shape index (κ1) is 20.8. The summed E-state index contributed by atoms with van der Waals surface area (Å²) < 4.78 is 11.1. The summed E-state index contributed by atoms with van der Waals surface area (Å²) in [5.41, 5.74) is 2.66. The molecule has 0 bridgehead atoms. The minimum Gasteiger partial charge on any atom is -0.486 e. The van der Waals surface area contributed by atoms with Gasteiger partial charge in [0, 0.05) is 23.4 Å². The molecule has 0 atom stereocenters. The minimum atomic E-state index is -0.198. The summed E-state index contributed by atoms with van der Waals surface area (Å²) in [6.45, 7) is 1.42. The zero-order valence-corrected chi connectivity index (χ0v) is 17.4. The first-order valence-corrected chi connectivity index (χ1v) is 10.3. The van der Waals surface area contributed by atoms with Crippen molar-refractivity contribution in [1.82, 2.24) is 5.32 Å². The lowest BCUT2D eigenvalue weighted by molar-refractivity contribution is 0.0953. The second-order valence-corrected chi connectivity index (χ2v) is 7.41. The number of rotatable bonds is 6. The lowest BCUT2D eigenvalue weighted by Gasteiger charge is -2.20. The molecular weight excluding hydrogens is 416 g/mol. The Hall–Kier alpha value is -3.51.